The van der Waals surface area contributed by atoms with Gasteiger partial charge in [-0.05, 0) is 82.6 Å². The molecule has 269 valence electrons. The van der Waals surface area contributed by atoms with Gasteiger partial charge in [0, 0.05) is 37.9 Å². The van der Waals surface area contributed by atoms with Gasteiger partial charge >= 0.3 is 0 Å². The van der Waals surface area contributed by atoms with Gasteiger partial charge in [-0.25, -0.2) is 0 Å². The summed E-state index contributed by atoms with van der Waals surface area (Å²) in [4.78, 5) is 9.32. The Bertz CT molecular complexity index is 2290. The van der Waals surface area contributed by atoms with Crippen LogP contribution in [0.3, 0.4) is 0 Å². The number of hydrogen-bond acceptors (Lipinski definition) is 3. The number of pyridine rings is 2. The number of hydrogen-bond donors (Lipinski definition) is 0. The molecule has 7 aromatic rings. The molecule has 0 saturated heterocycles. The van der Waals surface area contributed by atoms with Crippen LogP contribution in [0.5, 0.6) is 0 Å². The molecule has 0 aliphatic rings. The van der Waals surface area contributed by atoms with Crippen LogP contribution in [0, 0.1) is 31.4 Å². The van der Waals surface area contributed by atoms with Gasteiger partial charge in [0.1, 0.15) is 5.58 Å². The van der Waals surface area contributed by atoms with Crippen molar-refractivity contribution >= 4 is 35.2 Å². The maximum absolute atomic E-state index is 6.41. The molecule has 0 fully saturated rings. The van der Waals surface area contributed by atoms with Crippen LogP contribution in [0.25, 0.3) is 55.6 Å². The average molecular weight is 879 g/mol. The van der Waals surface area contributed by atoms with E-state index >= 15 is 0 Å². The number of rotatable bonds is 6. The van der Waals surface area contributed by atoms with Crippen molar-refractivity contribution in [3.63, 3.8) is 0 Å². The molecule has 1 radical (unpaired) electrons. The van der Waals surface area contributed by atoms with Crippen molar-refractivity contribution < 1.29 is 24.5 Å². The molecule has 3 nitrogen and oxygen atoms in total. The van der Waals surface area contributed by atoms with E-state index in [0.717, 1.165) is 50.9 Å². The summed E-state index contributed by atoms with van der Waals surface area (Å²) in [7, 11) is -1.37. The molecule has 0 atom stereocenters. The number of nitrogens with zero attached hydrogens (tertiary/aromatic N) is 2. The van der Waals surface area contributed by atoms with Crippen molar-refractivity contribution in [2.75, 3.05) is 0 Å². The number of aryl methyl sites for hydroxylation is 2. The SMILES string of the molecule is CC(C)(C)Cc1cc(-c2[c-]cccc2)ncc1[Si](C)(C)C.Cc1cccc(C)c1-c1ccc2c(c1)oc1c(-c3cc(C(C)C)ccn3)[c-]ccc12.[Ir]. The van der Waals surface area contributed by atoms with Gasteiger partial charge in [-0.15, -0.1) is 54.1 Å². The Labute approximate surface area is 325 Å². The van der Waals surface area contributed by atoms with Crippen LogP contribution in [-0.2, 0) is 26.5 Å². The Hall–Kier alpha value is -4.15. The van der Waals surface area contributed by atoms with Gasteiger partial charge in [-0.1, -0.05) is 119 Å². The van der Waals surface area contributed by atoms with Gasteiger partial charge in [0.25, 0.3) is 0 Å². The molecule has 52 heavy (non-hydrogen) atoms. The largest absolute Gasteiger partial charge is 0.501 e. The minimum Gasteiger partial charge on any atom is -0.501 e. The minimum atomic E-state index is -1.37. The van der Waals surface area contributed by atoms with Crippen LogP contribution < -0.4 is 5.19 Å². The third-order valence-electron chi connectivity index (χ3n) is 9.41. The molecule has 4 aromatic carbocycles. The van der Waals surface area contributed by atoms with Crippen LogP contribution >= 0.6 is 0 Å². The molecule has 3 heterocycles. The van der Waals surface area contributed by atoms with Gasteiger partial charge in [0.2, 0.25) is 0 Å². The molecule has 0 N–H and O–H groups in total. The smallest absolute Gasteiger partial charge is 0.121 e. The molecule has 0 saturated carbocycles. The second-order valence-corrected chi connectivity index (χ2v) is 21.3. The fraction of sp³-hybridized carbons (Fsp3) is 0.277. The Balaban J connectivity index is 0.000000210. The molecule has 0 bridgehead atoms. The molecule has 5 heteroatoms. The molecular formula is C47H50IrN2OSi-2. The van der Waals surface area contributed by atoms with E-state index < -0.39 is 8.07 Å². The second kappa shape index (κ2) is 15.8. The Morgan fingerprint density at radius 1 is 0.769 bits per heavy atom. The van der Waals surface area contributed by atoms with E-state index in [9.17, 15) is 0 Å². The summed E-state index contributed by atoms with van der Waals surface area (Å²) in [5.41, 5.74) is 13.7. The van der Waals surface area contributed by atoms with Crippen molar-refractivity contribution in [1.82, 2.24) is 9.97 Å². The zero-order valence-corrected chi connectivity index (χ0v) is 35.6. The third kappa shape index (κ3) is 8.72. The third-order valence-corrected chi connectivity index (χ3v) is 11.5. The molecule has 0 aliphatic heterocycles. The van der Waals surface area contributed by atoms with Crippen molar-refractivity contribution in [3.05, 3.63) is 138 Å². The topological polar surface area (TPSA) is 38.9 Å². The van der Waals surface area contributed by atoms with Crippen LogP contribution in [0.1, 0.15) is 62.8 Å². The summed E-state index contributed by atoms with van der Waals surface area (Å²) < 4.78 is 6.41. The summed E-state index contributed by atoms with van der Waals surface area (Å²) in [6.45, 7) is 22.8. The van der Waals surface area contributed by atoms with E-state index in [4.69, 9.17) is 9.40 Å². The van der Waals surface area contributed by atoms with Gasteiger partial charge in [-0.3, -0.25) is 0 Å². The predicted octanol–water partition coefficient (Wildman–Crippen LogP) is 12.5. The first-order chi connectivity index (χ1) is 24.2. The van der Waals surface area contributed by atoms with E-state index in [0.29, 0.717) is 5.92 Å². The van der Waals surface area contributed by atoms with Crippen LogP contribution in [0.4, 0.5) is 0 Å². The monoisotopic (exact) mass is 879 g/mol. The summed E-state index contributed by atoms with van der Waals surface area (Å²) in [5, 5.41) is 3.70. The van der Waals surface area contributed by atoms with Crippen LogP contribution in [0.15, 0.2) is 108 Å². The summed E-state index contributed by atoms with van der Waals surface area (Å²) in [5.74, 6) is 0.446. The number of fused-ring (bicyclic) bond motifs is 3. The molecule has 0 aliphatic carbocycles. The molecule has 0 amide bonds. The quantitative estimate of drug-likeness (QED) is 0.123. The molecule has 0 unspecified atom stereocenters. The molecule has 3 aromatic heterocycles. The number of aromatic nitrogens is 2. The van der Waals surface area contributed by atoms with Gasteiger partial charge < -0.3 is 14.4 Å². The van der Waals surface area contributed by atoms with E-state index in [1.54, 1.807) is 0 Å². The first-order valence-electron chi connectivity index (χ1n) is 18.1. The van der Waals surface area contributed by atoms with Gasteiger partial charge in [-0.2, -0.15) is 0 Å². The zero-order valence-electron chi connectivity index (χ0n) is 32.2. The molecule has 0 spiro atoms. The molecular weight excluding hydrogens is 829 g/mol. The van der Waals surface area contributed by atoms with Crippen LogP contribution in [0.2, 0.25) is 19.6 Å². The van der Waals surface area contributed by atoms with E-state index in [-0.39, 0.29) is 25.5 Å². The van der Waals surface area contributed by atoms with Crippen molar-refractivity contribution in [2.45, 2.75) is 80.4 Å². The van der Waals surface area contributed by atoms with E-state index in [1.807, 2.05) is 30.5 Å². The van der Waals surface area contributed by atoms with Crippen LogP contribution in [-0.4, -0.2) is 18.0 Å². The van der Waals surface area contributed by atoms with Crippen molar-refractivity contribution in [2.24, 2.45) is 5.41 Å². The second-order valence-electron chi connectivity index (χ2n) is 16.3. The Morgan fingerprint density at radius 2 is 1.52 bits per heavy atom. The first-order valence-corrected chi connectivity index (χ1v) is 21.6. The van der Waals surface area contributed by atoms with E-state index in [2.05, 4.69) is 158 Å². The first kappa shape index (κ1) is 39.1. The van der Waals surface area contributed by atoms with Gasteiger partial charge in [0.15, 0.2) is 0 Å². The maximum Gasteiger partial charge on any atom is 0.121 e. The average Bonchev–Trinajstić information content (AvgIpc) is 3.46. The Kier molecular flexibility index (Phi) is 11.9. The summed E-state index contributed by atoms with van der Waals surface area (Å²) in [6, 6.07) is 38.2. The standard InChI is InChI=1S/C28H24NO.C19H26NSi.Ir/c1-17(2)20-13-14-29-25(15-20)24-10-6-9-23-22-12-11-21(16-26(22)30-28(23)24)27-18(3)7-5-8-19(27)4;1-19(2,3)13-16-12-17(15-10-8-7-9-11-15)20-14-18(16)21(4,5)6;/h5-9,11-17H,1-4H3;7-10,12,14H,13H2,1-6H3;/q2*-1;. The Morgan fingerprint density at radius 3 is 2.17 bits per heavy atom. The zero-order chi connectivity index (χ0) is 36.5. The number of furan rings is 1. The fourth-order valence-electron chi connectivity index (χ4n) is 6.89. The van der Waals surface area contributed by atoms with Crippen molar-refractivity contribution in [3.8, 4) is 33.6 Å². The van der Waals surface area contributed by atoms with Gasteiger partial charge in [0.05, 0.1) is 13.7 Å². The van der Waals surface area contributed by atoms with Crippen molar-refractivity contribution in [1.29, 1.82) is 0 Å². The molecule has 7 rings (SSSR count). The maximum atomic E-state index is 6.41. The number of benzene rings is 4. The predicted molar refractivity (Wildman–Crippen MR) is 219 cm³/mol. The fourth-order valence-corrected chi connectivity index (χ4v) is 8.47. The minimum absolute atomic E-state index is 0. The van der Waals surface area contributed by atoms with E-state index in [1.165, 1.54) is 38.6 Å². The normalized spacial score (nSPS) is 11.8. The summed E-state index contributed by atoms with van der Waals surface area (Å²) in [6.07, 6.45) is 5.08. The summed E-state index contributed by atoms with van der Waals surface area (Å²) >= 11 is 0.